The molecule has 0 atom stereocenters. The Morgan fingerprint density at radius 1 is 0.895 bits per heavy atom. The maximum absolute atomic E-state index is 6.49. The molecule has 1 aromatic heterocycles. The van der Waals surface area contributed by atoms with E-state index in [0.717, 1.165) is 0 Å². The summed E-state index contributed by atoms with van der Waals surface area (Å²) in [5.74, 6) is 0.896. The molecule has 3 aromatic rings. The van der Waals surface area contributed by atoms with Crippen LogP contribution < -0.4 is 4.52 Å². The van der Waals surface area contributed by atoms with Crippen LogP contribution in [0.2, 0.25) is 5.02 Å². The highest BCUT2D eigenvalue weighted by molar-refractivity contribution is 8.67. The van der Waals surface area contributed by atoms with E-state index < -0.39 is 12.4 Å². The summed E-state index contributed by atoms with van der Waals surface area (Å²) in [5, 5.41) is 14.3. The fourth-order valence-electron chi connectivity index (χ4n) is 3.06. The smallest absolute Gasteiger partial charge is 0.380 e. The number of nitrogens with zero attached hydrogens (tertiary/aromatic N) is 4. The van der Waals surface area contributed by atoms with Gasteiger partial charge >= 0.3 is 6.72 Å². The number of aromatic nitrogens is 3. The van der Waals surface area contributed by atoms with Crippen LogP contribution in [-0.4, -0.2) is 47.5 Å². The lowest BCUT2D eigenvalue weighted by Crippen LogP contribution is -2.04. The molecule has 0 unspecified atom stereocenters. The molecule has 0 aliphatic carbocycles. The van der Waals surface area contributed by atoms with Crippen molar-refractivity contribution in [2.24, 2.45) is 5.10 Å². The van der Waals surface area contributed by atoms with Gasteiger partial charge in [-0.2, -0.15) is 9.78 Å². The molecule has 0 bridgehead atoms. The summed E-state index contributed by atoms with van der Waals surface area (Å²) >= 11 is 18.9. The molecule has 1 heterocycles. The molecule has 0 saturated heterocycles. The molecule has 0 N–H and O–H groups in total. The monoisotopic (exact) mass is 634 g/mol. The van der Waals surface area contributed by atoms with Gasteiger partial charge in [0.05, 0.1) is 37.7 Å². The second kappa shape index (κ2) is 15.0. The molecule has 0 radical (unpaired) electrons. The largest absolute Gasteiger partial charge is 0.423 e. The molecule has 0 saturated carbocycles. The number of rotatable bonds is 15. The van der Waals surface area contributed by atoms with Crippen LogP contribution in [0.5, 0.6) is 5.75 Å². The summed E-state index contributed by atoms with van der Waals surface area (Å²) in [5.41, 5.74) is -1.46. The van der Waals surface area contributed by atoms with Gasteiger partial charge in [0, 0.05) is 34.3 Å². The normalized spacial score (nSPS) is 12.3. The van der Waals surface area contributed by atoms with E-state index >= 15 is 0 Å². The van der Waals surface area contributed by atoms with Crippen LogP contribution in [0.4, 0.5) is 0 Å². The van der Waals surface area contributed by atoms with Crippen molar-refractivity contribution in [2.45, 2.75) is 32.9 Å². The van der Waals surface area contributed by atoms with Crippen LogP contribution >= 0.6 is 35.4 Å². The maximum atomic E-state index is 6.49. The van der Waals surface area contributed by atoms with Crippen LogP contribution in [0.1, 0.15) is 33.3 Å². The lowest BCUT2D eigenvalue weighted by atomic mass is 10.2. The minimum absolute atomic E-state index is 0.363. The van der Waals surface area contributed by atoms with Crippen molar-refractivity contribution in [3.63, 3.8) is 0 Å². The van der Waals surface area contributed by atoms with Crippen molar-refractivity contribution in [1.82, 2.24) is 14.9 Å². The Hall–Kier alpha value is -1.17. The van der Waals surface area contributed by atoms with Crippen molar-refractivity contribution in [3.8, 4) is 17.1 Å². The van der Waals surface area contributed by atoms with Crippen molar-refractivity contribution in [3.05, 3.63) is 59.1 Å². The standard InChI is InChI=1S/C23H29ClN4O5P2S3/c1-5-29-34(36,30-6-2)33-21-16-12-9-13-18(21)17-25-28-22(19-14-10-11-15-20(19)24)26-27-23(28)38-35(37,31-7-3)32-8-4/h9-17H,5-8H2,1-4H3/b25-17+. The predicted molar refractivity (Wildman–Crippen MR) is 161 cm³/mol. The Balaban J connectivity index is 2.07. The zero-order valence-electron chi connectivity index (χ0n) is 21.4. The predicted octanol–water partition coefficient (Wildman–Crippen LogP) is 7.55. The first kappa shape index (κ1) is 31.4. The molecule has 9 nitrogen and oxygen atoms in total. The highest BCUT2D eigenvalue weighted by Gasteiger charge is 2.27. The zero-order chi connectivity index (χ0) is 27.6. The topological polar surface area (TPSA) is 89.2 Å². The third-order valence-corrected chi connectivity index (χ3v) is 12.2. The molecule has 38 heavy (non-hydrogen) atoms. The molecule has 206 valence electrons. The summed E-state index contributed by atoms with van der Waals surface area (Å²) in [6, 6.07) is 14.6. The van der Waals surface area contributed by atoms with E-state index in [4.69, 9.17) is 62.9 Å². The molecule has 2 aromatic carbocycles. The molecule has 0 fully saturated rings. The highest BCUT2D eigenvalue weighted by Crippen LogP contribution is 2.63. The van der Waals surface area contributed by atoms with Gasteiger partial charge in [-0.05, 0) is 63.8 Å². The summed E-state index contributed by atoms with van der Waals surface area (Å²) in [6.45, 7) is 5.93. The van der Waals surface area contributed by atoms with Crippen molar-refractivity contribution >= 4 is 65.2 Å². The van der Waals surface area contributed by atoms with E-state index in [2.05, 4.69) is 10.2 Å². The van der Waals surface area contributed by atoms with Crippen LogP contribution in [0.3, 0.4) is 0 Å². The number of halogens is 1. The molecular weight excluding hydrogens is 606 g/mol. The van der Waals surface area contributed by atoms with E-state index in [0.29, 0.717) is 59.3 Å². The Bertz CT molecular complexity index is 1320. The van der Waals surface area contributed by atoms with Gasteiger partial charge in [-0.1, -0.05) is 35.9 Å². The molecule has 3 rings (SSSR count). The average Bonchev–Trinajstić information content (AvgIpc) is 3.25. The summed E-state index contributed by atoms with van der Waals surface area (Å²) < 4.78 is 30.5. The second-order valence-electron chi connectivity index (χ2n) is 7.13. The number of para-hydroxylation sites is 1. The van der Waals surface area contributed by atoms with Crippen LogP contribution in [0.25, 0.3) is 11.4 Å². The fraction of sp³-hybridized carbons (Fsp3) is 0.348. The quantitative estimate of drug-likeness (QED) is 0.123. The third kappa shape index (κ3) is 8.41. The van der Waals surface area contributed by atoms with Gasteiger partial charge < -0.3 is 13.6 Å². The van der Waals surface area contributed by atoms with Crippen LogP contribution in [0.15, 0.2) is 58.8 Å². The fourth-order valence-corrected chi connectivity index (χ4v) is 9.80. The molecule has 15 heteroatoms. The van der Waals surface area contributed by atoms with Gasteiger partial charge in [0.1, 0.15) is 5.75 Å². The summed E-state index contributed by atoms with van der Waals surface area (Å²) in [6.07, 6.45) is 1.62. The molecule has 0 amide bonds. The van der Waals surface area contributed by atoms with Gasteiger partial charge in [0.25, 0.3) is 5.69 Å². The number of hydrogen-bond donors (Lipinski definition) is 0. The third-order valence-electron chi connectivity index (χ3n) is 4.51. The molecular formula is C23H29ClN4O5P2S3. The highest BCUT2D eigenvalue weighted by atomic mass is 35.5. The average molecular weight is 635 g/mol. The van der Waals surface area contributed by atoms with Crippen LogP contribution in [-0.2, 0) is 41.7 Å². The van der Waals surface area contributed by atoms with E-state index in [1.807, 2.05) is 64.1 Å². The Labute approximate surface area is 242 Å². The first-order chi connectivity index (χ1) is 18.3. The lowest BCUT2D eigenvalue weighted by Gasteiger charge is -2.22. The Morgan fingerprint density at radius 3 is 2.13 bits per heavy atom. The number of hydrogen-bond acceptors (Lipinski definition) is 11. The summed E-state index contributed by atoms with van der Waals surface area (Å²) in [4.78, 5) is 0. The van der Waals surface area contributed by atoms with Gasteiger partial charge in [-0.25, -0.2) is 0 Å². The van der Waals surface area contributed by atoms with E-state index in [-0.39, 0.29) is 0 Å². The maximum Gasteiger partial charge on any atom is 0.380 e. The van der Waals surface area contributed by atoms with E-state index in [1.54, 1.807) is 23.0 Å². The zero-order valence-corrected chi connectivity index (χ0v) is 26.3. The van der Waals surface area contributed by atoms with Crippen molar-refractivity contribution < 1.29 is 22.6 Å². The van der Waals surface area contributed by atoms with Gasteiger partial charge in [0.15, 0.2) is 5.82 Å². The molecule has 0 spiro atoms. The first-order valence-electron chi connectivity index (χ1n) is 11.8. The molecule has 0 aliphatic rings. The van der Waals surface area contributed by atoms with E-state index in [1.165, 1.54) is 11.4 Å². The Kier molecular flexibility index (Phi) is 12.4. The first-order valence-corrected chi connectivity index (χ1v) is 18.8. The van der Waals surface area contributed by atoms with E-state index in [9.17, 15) is 0 Å². The van der Waals surface area contributed by atoms with Gasteiger partial charge in [-0.15, -0.1) is 10.2 Å². The van der Waals surface area contributed by atoms with Crippen LogP contribution in [0, 0.1) is 0 Å². The second-order valence-corrected chi connectivity index (χ2v) is 16.6. The number of benzene rings is 2. The Morgan fingerprint density at radius 2 is 1.50 bits per heavy atom. The minimum Gasteiger partial charge on any atom is -0.423 e. The lowest BCUT2D eigenvalue weighted by molar-refractivity contribution is 0.218. The SMILES string of the molecule is CCOP(=S)(OCC)Oc1ccccc1/C=N/n1c(SP(=S)(OCC)OCC)nnc1-c1ccccc1Cl. The minimum atomic E-state index is -2.99. The molecule has 0 aliphatic heterocycles. The summed E-state index contributed by atoms with van der Waals surface area (Å²) in [7, 11) is 0. The van der Waals surface area contributed by atoms with Crippen molar-refractivity contribution in [2.75, 3.05) is 26.4 Å². The van der Waals surface area contributed by atoms with Gasteiger partial charge in [0.2, 0.25) is 5.16 Å². The van der Waals surface area contributed by atoms with Gasteiger partial charge in [-0.3, -0.25) is 9.05 Å². The van der Waals surface area contributed by atoms with Crippen molar-refractivity contribution in [1.29, 1.82) is 0 Å².